The van der Waals surface area contributed by atoms with Crippen molar-refractivity contribution in [2.75, 3.05) is 52.9 Å². The summed E-state index contributed by atoms with van der Waals surface area (Å²) in [7, 11) is 0. The van der Waals surface area contributed by atoms with Gasteiger partial charge >= 0.3 is 12.5 Å². The van der Waals surface area contributed by atoms with Crippen molar-refractivity contribution in [3.63, 3.8) is 0 Å². The molecule has 0 saturated carbocycles. The van der Waals surface area contributed by atoms with Crippen LogP contribution in [0.2, 0.25) is 0 Å². The Balaban J connectivity index is 3.15. The molecule has 7 nitrogen and oxygen atoms in total. The molecule has 0 aliphatic rings. The van der Waals surface area contributed by atoms with Crippen molar-refractivity contribution >= 4 is 6.09 Å². The largest absolute Gasteiger partial charge is 0.522 e. The van der Waals surface area contributed by atoms with Gasteiger partial charge in [-0.05, 0) is 13.8 Å². The summed E-state index contributed by atoms with van der Waals surface area (Å²) in [6.07, 6.45) is -5.12. The fourth-order valence-electron chi connectivity index (χ4n) is 1.23. The molecule has 1 N–H and O–H groups in total. The van der Waals surface area contributed by atoms with E-state index in [4.69, 9.17) is 18.9 Å². The summed E-state index contributed by atoms with van der Waals surface area (Å²) >= 11 is 0. The molecule has 0 aromatic rings. The van der Waals surface area contributed by atoms with E-state index in [0.29, 0.717) is 13.2 Å². The molecule has 0 unspecified atom stereocenters. The van der Waals surface area contributed by atoms with Crippen LogP contribution in [0.5, 0.6) is 0 Å². The van der Waals surface area contributed by atoms with Gasteiger partial charge in [-0.1, -0.05) is 0 Å². The number of nitrogens with one attached hydrogen (secondary N) is 1. The zero-order valence-corrected chi connectivity index (χ0v) is 13.3. The van der Waals surface area contributed by atoms with Gasteiger partial charge in [-0.15, -0.1) is 13.2 Å². The normalized spacial score (nSPS) is 11.7. The van der Waals surface area contributed by atoms with Crippen molar-refractivity contribution in [2.24, 2.45) is 0 Å². The Morgan fingerprint density at radius 2 is 1.30 bits per heavy atom. The average molecular weight is 347 g/mol. The Labute approximate surface area is 133 Å². The first-order valence-electron chi connectivity index (χ1n) is 7.18. The minimum absolute atomic E-state index is 0.0130. The van der Waals surface area contributed by atoms with Crippen molar-refractivity contribution in [1.29, 1.82) is 0 Å². The first-order valence-corrected chi connectivity index (χ1v) is 7.18. The molecule has 0 heterocycles. The molecule has 0 fully saturated rings. The standard InChI is InChI=1S/C13H24F3NO6/c1-11(2)17-12(18)22-9-7-20-5-3-19-4-6-21-8-10-23-13(14,15)16/h11H,3-10H2,1-2H3,(H,17,18). The number of amides is 1. The summed E-state index contributed by atoms with van der Waals surface area (Å²) in [4.78, 5) is 11.1. The monoisotopic (exact) mass is 347 g/mol. The van der Waals surface area contributed by atoms with E-state index in [0.717, 1.165) is 0 Å². The van der Waals surface area contributed by atoms with Crippen LogP contribution in [-0.2, 0) is 23.7 Å². The molecule has 0 radical (unpaired) electrons. The minimum atomic E-state index is -4.63. The highest BCUT2D eigenvalue weighted by Crippen LogP contribution is 2.15. The summed E-state index contributed by atoms with van der Waals surface area (Å²) in [5.41, 5.74) is 0. The second-order valence-electron chi connectivity index (χ2n) is 4.57. The molecule has 0 aromatic carbocycles. The number of hydrogen-bond acceptors (Lipinski definition) is 6. The lowest BCUT2D eigenvalue weighted by atomic mass is 10.4. The number of carbonyl (C=O) groups excluding carboxylic acids is 1. The van der Waals surface area contributed by atoms with E-state index >= 15 is 0 Å². The number of carbonyl (C=O) groups is 1. The maximum Gasteiger partial charge on any atom is 0.522 e. The topological polar surface area (TPSA) is 75.3 Å². The summed E-state index contributed by atoms with van der Waals surface area (Å²) in [5.74, 6) is 0. The highest BCUT2D eigenvalue weighted by atomic mass is 19.4. The predicted molar refractivity (Wildman–Crippen MR) is 74.1 cm³/mol. The van der Waals surface area contributed by atoms with Crippen molar-refractivity contribution in [3.05, 3.63) is 0 Å². The van der Waals surface area contributed by atoms with Gasteiger partial charge in [0.05, 0.1) is 46.2 Å². The van der Waals surface area contributed by atoms with Gasteiger partial charge in [-0.25, -0.2) is 4.79 Å². The van der Waals surface area contributed by atoms with Crippen LogP contribution >= 0.6 is 0 Å². The number of hydrogen-bond donors (Lipinski definition) is 1. The molecule has 0 aromatic heterocycles. The zero-order valence-electron chi connectivity index (χ0n) is 13.3. The van der Waals surface area contributed by atoms with Crippen LogP contribution in [0, 0.1) is 0 Å². The molecule has 138 valence electrons. The Morgan fingerprint density at radius 1 is 0.870 bits per heavy atom. The fraction of sp³-hybridized carbons (Fsp3) is 0.923. The Kier molecular flexibility index (Phi) is 12.7. The van der Waals surface area contributed by atoms with Gasteiger partial charge in [0.1, 0.15) is 6.61 Å². The average Bonchev–Trinajstić information content (AvgIpc) is 2.42. The van der Waals surface area contributed by atoms with Crippen molar-refractivity contribution < 1.29 is 41.7 Å². The first-order chi connectivity index (χ1) is 10.8. The molecule has 0 spiro atoms. The van der Waals surface area contributed by atoms with Gasteiger partial charge in [0.15, 0.2) is 0 Å². The Bertz CT molecular complexity index is 302. The van der Waals surface area contributed by atoms with E-state index in [2.05, 4.69) is 10.1 Å². The highest BCUT2D eigenvalue weighted by molar-refractivity contribution is 5.67. The van der Waals surface area contributed by atoms with Gasteiger partial charge in [-0.3, -0.25) is 4.74 Å². The zero-order chi connectivity index (χ0) is 17.6. The van der Waals surface area contributed by atoms with E-state index in [-0.39, 0.29) is 39.1 Å². The maximum absolute atomic E-state index is 11.6. The number of halogens is 3. The van der Waals surface area contributed by atoms with Crippen LogP contribution in [-0.4, -0.2) is 71.4 Å². The smallest absolute Gasteiger partial charge is 0.447 e. The van der Waals surface area contributed by atoms with Crippen molar-refractivity contribution in [1.82, 2.24) is 5.32 Å². The molecular formula is C13H24F3NO6. The van der Waals surface area contributed by atoms with E-state index < -0.39 is 19.1 Å². The fourth-order valence-corrected chi connectivity index (χ4v) is 1.23. The SMILES string of the molecule is CC(C)NC(=O)OCCOCCOCCOCCOC(F)(F)F. The lowest BCUT2D eigenvalue weighted by molar-refractivity contribution is -0.327. The van der Waals surface area contributed by atoms with Gasteiger partial charge in [0.2, 0.25) is 0 Å². The summed E-state index contributed by atoms with van der Waals surface area (Å²) in [5, 5.41) is 2.56. The third-order valence-corrected chi connectivity index (χ3v) is 2.10. The van der Waals surface area contributed by atoms with Crippen LogP contribution in [0.1, 0.15) is 13.8 Å². The lowest BCUT2D eigenvalue weighted by Crippen LogP contribution is -2.31. The lowest BCUT2D eigenvalue weighted by Gasteiger charge is -2.10. The van der Waals surface area contributed by atoms with Crippen LogP contribution in [0.3, 0.4) is 0 Å². The van der Waals surface area contributed by atoms with Crippen molar-refractivity contribution in [2.45, 2.75) is 26.3 Å². The Morgan fingerprint density at radius 3 is 1.74 bits per heavy atom. The number of alkyl carbamates (subject to hydrolysis) is 1. The van der Waals surface area contributed by atoms with Crippen LogP contribution in [0.15, 0.2) is 0 Å². The second kappa shape index (κ2) is 13.3. The molecular weight excluding hydrogens is 323 g/mol. The Hall–Kier alpha value is -1.10. The van der Waals surface area contributed by atoms with Gasteiger partial charge in [0.25, 0.3) is 0 Å². The molecule has 1 amide bonds. The van der Waals surface area contributed by atoms with Gasteiger partial charge < -0.3 is 24.3 Å². The molecule has 23 heavy (non-hydrogen) atoms. The summed E-state index contributed by atoms with van der Waals surface area (Å²) in [6, 6.07) is 0.0130. The summed E-state index contributed by atoms with van der Waals surface area (Å²) in [6.45, 7) is 4.35. The van der Waals surface area contributed by atoms with E-state index in [1.165, 1.54) is 0 Å². The maximum atomic E-state index is 11.6. The molecule has 0 bridgehead atoms. The molecule has 0 aliphatic heterocycles. The molecule has 0 saturated heterocycles. The highest BCUT2D eigenvalue weighted by Gasteiger charge is 2.28. The second-order valence-corrected chi connectivity index (χ2v) is 4.57. The third-order valence-electron chi connectivity index (χ3n) is 2.10. The van der Waals surface area contributed by atoms with E-state index in [1.807, 2.05) is 13.8 Å². The third kappa shape index (κ3) is 18.9. The molecule has 0 aliphatic carbocycles. The van der Waals surface area contributed by atoms with E-state index in [1.54, 1.807) is 0 Å². The van der Waals surface area contributed by atoms with Gasteiger partial charge in [-0.2, -0.15) is 0 Å². The van der Waals surface area contributed by atoms with Gasteiger partial charge in [0, 0.05) is 6.04 Å². The molecule has 10 heteroatoms. The number of rotatable bonds is 13. The first kappa shape index (κ1) is 21.9. The number of ether oxygens (including phenoxy) is 5. The number of alkyl halides is 3. The molecule has 0 rings (SSSR count). The van der Waals surface area contributed by atoms with Crippen LogP contribution in [0.4, 0.5) is 18.0 Å². The molecule has 0 atom stereocenters. The van der Waals surface area contributed by atoms with Crippen LogP contribution < -0.4 is 5.32 Å². The summed E-state index contributed by atoms with van der Waals surface area (Å²) < 4.78 is 58.3. The van der Waals surface area contributed by atoms with Crippen LogP contribution in [0.25, 0.3) is 0 Å². The van der Waals surface area contributed by atoms with Crippen molar-refractivity contribution in [3.8, 4) is 0 Å². The quantitative estimate of drug-likeness (QED) is 0.511. The van der Waals surface area contributed by atoms with E-state index in [9.17, 15) is 18.0 Å². The predicted octanol–water partition coefficient (Wildman–Crippen LogP) is 1.71. The minimum Gasteiger partial charge on any atom is -0.447 e.